The zero-order valence-electron chi connectivity index (χ0n) is 40.0. The summed E-state index contributed by atoms with van der Waals surface area (Å²) in [5, 5.41) is 19.7. The number of benzene rings is 4. The average molecular weight is 996 g/mol. The van der Waals surface area contributed by atoms with Crippen molar-refractivity contribution in [3.05, 3.63) is 163 Å². The monoisotopic (exact) mass is 994 g/mol. The highest BCUT2D eigenvalue weighted by Crippen LogP contribution is 2.39. The first-order valence-corrected chi connectivity index (χ1v) is 24.1. The molecule has 4 heterocycles. The van der Waals surface area contributed by atoms with Crippen molar-refractivity contribution in [1.82, 2.24) is 19.8 Å². The number of likely N-dealkylation sites (tertiary alicyclic amines) is 2. The second kappa shape index (κ2) is 24.6. The van der Waals surface area contributed by atoms with Gasteiger partial charge in [0, 0.05) is 78.3 Å². The van der Waals surface area contributed by atoms with Crippen LogP contribution >= 0.6 is 23.2 Å². The van der Waals surface area contributed by atoms with Crippen molar-refractivity contribution in [2.24, 2.45) is 11.5 Å². The van der Waals surface area contributed by atoms with E-state index in [-0.39, 0.29) is 44.8 Å². The number of carbonyl (C=O) groups excluding carboxylic acids is 2. The summed E-state index contributed by atoms with van der Waals surface area (Å²) in [6, 6.07) is 27.7. The normalized spacial score (nSPS) is 15.5. The first-order valence-electron chi connectivity index (χ1n) is 23.3. The van der Waals surface area contributed by atoms with E-state index in [0.29, 0.717) is 69.7 Å². The fraction of sp³-hybridized carbons (Fsp3) is 0.309. The molecule has 2 aromatic heterocycles. The summed E-state index contributed by atoms with van der Waals surface area (Å²) >= 11 is 13.9. The molecule has 4 aromatic carbocycles. The maximum absolute atomic E-state index is 12.3. The molecular formula is C55H56Cl2N8O6. The number of hydrogen-bond donors (Lipinski definition) is 2. The van der Waals surface area contributed by atoms with E-state index in [4.69, 9.17) is 52.7 Å². The maximum atomic E-state index is 12.3. The number of halogens is 2. The van der Waals surface area contributed by atoms with Crippen molar-refractivity contribution >= 4 is 35.5 Å². The number of pyridine rings is 2. The Morgan fingerprint density at radius 3 is 1.58 bits per heavy atom. The van der Waals surface area contributed by atoms with Gasteiger partial charge in [0.15, 0.2) is 0 Å². The molecule has 2 aliphatic rings. The molecule has 14 nitrogen and oxygen atoms in total. The van der Waals surface area contributed by atoms with Crippen LogP contribution in [-0.2, 0) is 49.1 Å². The van der Waals surface area contributed by atoms with E-state index in [0.717, 1.165) is 88.0 Å². The molecule has 16 heteroatoms. The number of amides is 2. The largest absolute Gasteiger partial charge is 0.488 e. The van der Waals surface area contributed by atoms with Crippen LogP contribution in [0.25, 0.3) is 11.1 Å². The van der Waals surface area contributed by atoms with Gasteiger partial charge in [0.05, 0.1) is 27.2 Å². The summed E-state index contributed by atoms with van der Waals surface area (Å²) in [5.41, 5.74) is 20.3. The van der Waals surface area contributed by atoms with Crippen LogP contribution in [0.5, 0.6) is 23.0 Å². The fourth-order valence-corrected chi connectivity index (χ4v) is 9.53. The number of nitrogens with zero attached hydrogens (tertiary/aromatic N) is 6. The number of nitriles is 2. The van der Waals surface area contributed by atoms with Crippen molar-refractivity contribution in [3.63, 3.8) is 0 Å². The van der Waals surface area contributed by atoms with Crippen LogP contribution in [-0.4, -0.2) is 57.3 Å². The van der Waals surface area contributed by atoms with Crippen molar-refractivity contribution in [1.29, 1.82) is 10.5 Å². The molecule has 0 bridgehead atoms. The summed E-state index contributed by atoms with van der Waals surface area (Å²) in [7, 11) is 0. The molecular weight excluding hydrogens is 940 g/mol. The molecule has 2 saturated heterocycles. The average Bonchev–Trinajstić information content (AvgIpc) is 4.02. The van der Waals surface area contributed by atoms with Gasteiger partial charge in [0.2, 0.25) is 12.3 Å². The van der Waals surface area contributed by atoms with Crippen LogP contribution < -0.4 is 30.4 Å². The summed E-state index contributed by atoms with van der Waals surface area (Å²) in [6.45, 7) is 10.2. The van der Waals surface area contributed by atoms with Gasteiger partial charge in [-0.05, 0) is 117 Å². The summed E-state index contributed by atoms with van der Waals surface area (Å²) in [5.74, 6) is 1.82. The molecule has 2 atom stereocenters. The molecule has 0 aliphatic carbocycles. The Hall–Kier alpha value is -7.20. The molecule has 71 heavy (non-hydrogen) atoms. The van der Waals surface area contributed by atoms with E-state index in [9.17, 15) is 15.3 Å². The Labute approximate surface area is 424 Å². The molecule has 2 fully saturated rings. The highest BCUT2D eigenvalue weighted by atomic mass is 35.5. The lowest BCUT2D eigenvalue weighted by Gasteiger charge is -2.24. The van der Waals surface area contributed by atoms with Crippen molar-refractivity contribution < 1.29 is 28.5 Å². The lowest BCUT2D eigenvalue weighted by Crippen LogP contribution is -2.39. The van der Waals surface area contributed by atoms with Crippen LogP contribution in [0.3, 0.4) is 0 Å². The zero-order valence-corrected chi connectivity index (χ0v) is 41.5. The first-order chi connectivity index (χ1) is 34.4. The standard InChI is InChI=1S/C54H53Cl2N7O5.CH3NO/c1-34-8-6-14-62(34)28-43-18-47(55)52(20-50(43)65-30-39-16-37(22-57)24-60-26-39)67-32-41-9-4-11-45(35(41)2)46-12-5-10-42(36(46)3)33-68-53-21-51(66-31-40-17-38(23-58)25-61-27-40)44(19-48(53)56)29-63-15-7-13-49(63)54(59)64;2-1-3/h4-5,9-12,16-21,24-27,34,49H,6-8,13-15,28-33H2,1-3H3,(H2,59,64);1H,(H2,2,3). The molecule has 4 N–H and O–H groups in total. The third-order valence-electron chi connectivity index (χ3n) is 12.9. The first kappa shape index (κ1) is 51.6. The number of primary amides is 2. The van der Waals surface area contributed by atoms with Gasteiger partial charge < -0.3 is 30.4 Å². The predicted molar refractivity (Wildman–Crippen MR) is 271 cm³/mol. The van der Waals surface area contributed by atoms with E-state index in [1.165, 1.54) is 12.4 Å². The Kier molecular flexibility index (Phi) is 17.9. The number of aromatic nitrogens is 2. The van der Waals surface area contributed by atoms with E-state index in [1.807, 2.05) is 41.3 Å². The number of carbonyl (C=O) groups is 2. The van der Waals surface area contributed by atoms with Gasteiger partial charge in [0.1, 0.15) is 61.6 Å². The second-order valence-corrected chi connectivity index (χ2v) is 18.4. The van der Waals surface area contributed by atoms with Crippen molar-refractivity contribution in [2.45, 2.75) is 98.1 Å². The van der Waals surface area contributed by atoms with Crippen LogP contribution in [0.2, 0.25) is 10.0 Å². The van der Waals surface area contributed by atoms with Gasteiger partial charge >= 0.3 is 0 Å². The van der Waals surface area contributed by atoms with Gasteiger partial charge in [-0.15, -0.1) is 0 Å². The van der Waals surface area contributed by atoms with E-state index < -0.39 is 0 Å². The second-order valence-electron chi connectivity index (χ2n) is 17.6. The molecule has 0 radical (unpaired) electrons. The van der Waals surface area contributed by atoms with Crippen LogP contribution in [0.4, 0.5) is 0 Å². The Balaban J connectivity index is 0.00000241. The van der Waals surface area contributed by atoms with E-state index >= 15 is 0 Å². The van der Waals surface area contributed by atoms with Gasteiger partial charge in [-0.2, -0.15) is 10.5 Å². The lowest BCUT2D eigenvalue weighted by atomic mass is 9.92. The molecule has 2 unspecified atom stereocenters. The number of rotatable bonds is 18. The van der Waals surface area contributed by atoms with Crippen LogP contribution in [0.15, 0.2) is 97.6 Å². The molecule has 2 aliphatic heterocycles. The van der Waals surface area contributed by atoms with Crippen molar-refractivity contribution in [3.8, 4) is 46.3 Å². The summed E-state index contributed by atoms with van der Waals surface area (Å²) in [6.07, 6.45) is 10.5. The molecule has 6 aromatic rings. The third kappa shape index (κ3) is 13.2. The summed E-state index contributed by atoms with van der Waals surface area (Å²) < 4.78 is 25.7. The minimum absolute atomic E-state index is 0.159. The number of ether oxygens (including phenoxy) is 4. The van der Waals surface area contributed by atoms with Gasteiger partial charge in [-0.1, -0.05) is 59.6 Å². The van der Waals surface area contributed by atoms with E-state index in [2.05, 4.69) is 71.7 Å². The van der Waals surface area contributed by atoms with Crippen LogP contribution in [0.1, 0.15) is 88.2 Å². The minimum Gasteiger partial charge on any atom is -0.488 e. The zero-order chi connectivity index (χ0) is 50.4. The molecule has 0 saturated carbocycles. The Morgan fingerprint density at radius 1 is 0.676 bits per heavy atom. The Bertz CT molecular complexity index is 2960. The van der Waals surface area contributed by atoms with E-state index in [1.54, 1.807) is 30.6 Å². The minimum atomic E-state index is -0.371. The Morgan fingerprint density at radius 2 is 1.13 bits per heavy atom. The SMILES string of the molecule is Cc1c(COc2cc(OCc3cncc(C#N)c3)c(CN3CCCC3C)cc2Cl)cccc1-c1cccc(COc2cc(OCc3cncc(C#N)c3)c(CN3CCCC3C(N)=O)cc2Cl)c1C.NC=O. The molecule has 0 spiro atoms. The predicted octanol–water partition coefficient (Wildman–Crippen LogP) is 9.66. The fourth-order valence-electron chi connectivity index (χ4n) is 9.04. The topological polar surface area (TPSA) is 203 Å². The highest BCUT2D eigenvalue weighted by Gasteiger charge is 2.30. The number of hydrogen-bond acceptors (Lipinski definition) is 12. The molecule has 8 rings (SSSR count). The number of nitrogens with two attached hydrogens (primary N) is 2. The molecule has 366 valence electrons. The van der Waals surface area contributed by atoms with Crippen molar-refractivity contribution in [2.75, 3.05) is 13.1 Å². The maximum Gasteiger partial charge on any atom is 0.234 e. The highest BCUT2D eigenvalue weighted by molar-refractivity contribution is 6.32. The van der Waals surface area contributed by atoms with Gasteiger partial charge in [-0.3, -0.25) is 29.4 Å². The molecule has 2 amide bonds. The summed E-state index contributed by atoms with van der Waals surface area (Å²) in [4.78, 5) is 33.7. The van der Waals surface area contributed by atoms with Gasteiger partial charge in [0.25, 0.3) is 0 Å². The lowest BCUT2D eigenvalue weighted by molar-refractivity contribution is -0.122. The van der Waals surface area contributed by atoms with Crippen LogP contribution in [0, 0.1) is 36.5 Å². The van der Waals surface area contributed by atoms with Gasteiger partial charge in [-0.25, -0.2) is 0 Å². The third-order valence-corrected chi connectivity index (χ3v) is 13.5. The smallest absolute Gasteiger partial charge is 0.234 e. The quantitative estimate of drug-likeness (QED) is 0.0773.